The first-order chi connectivity index (χ1) is 11.5. The molecular weight excluding hydrogens is 350 g/mol. The van der Waals surface area contributed by atoms with E-state index in [2.05, 4.69) is 15.6 Å². The molecule has 126 valence electrons. The van der Waals surface area contributed by atoms with Gasteiger partial charge in [0, 0.05) is 22.4 Å². The third-order valence-electron chi connectivity index (χ3n) is 3.28. The minimum Gasteiger partial charge on any atom is -0.448 e. The highest BCUT2D eigenvalue weighted by atomic mass is 32.1. The summed E-state index contributed by atoms with van der Waals surface area (Å²) in [6, 6.07) is 1.48. The van der Waals surface area contributed by atoms with Crippen molar-refractivity contribution < 1.29 is 19.1 Å². The van der Waals surface area contributed by atoms with E-state index in [9.17, 15) is 14.4 Å². The summed E-state index contributed by atoms with van der Waals surface area (Å²) in [7, 11) is 0. The summed E-state index contributed by atoms with van der Waals surface area (Å²) in [5.41, 5.74) is 1.08. The van der Waals surface area contributed by atoms with Gasteiger partial charge in [0.15, 0.2) is 11.8 Å². The number of hydrogen-bond donors (Lipinski definition) is 2. The van der Waals surface area contributed by atoms with Gasteiger partial charge in [0.25, 0.3) is 5.91 Å². The molecule has 0 aromatic carbocycles. The van der Waals surface area contributed by atoms with E-state index in [4.69, 9.17) is 4.74 Å². The number of thiazole rings is 1. The van der Waals surface area contributed by atoms with Crippen LogP contribution in [0.4, 0.5) is 4.79 Å². The maximum absolute atomic E-state index is 12.1. The molecule has 2 aromatic rings. The summed E-state index contributed by atoms with van der Waals surface area (Å²) < 4.78 is 5.07. The van der Waals surface area contributed by atoms with Crippen LogP contribution in [0.25, 0.3) is 10.6 Å². The molecule has 3 rings (SSSR count). The zero-order valence-corrected chi connectivity index (χ0v) is 14.4. The molecule has 0 unspecified atom stereocenters. The highest BCUT2D eigenvalue weighted by Crippen LogP contribution is 2.26. The van der Waals surface area contributed by atoms with Gasteiger partial charge < -0.3 is 10.1 Å². The van der Waals surface area contributed by atoms with Crippen LogP contribution in [-0.4, -0.2) is 35.0 Å². The standard InChI is InChI=1S/C15H15N3O4S2/c1-8(12(19)18-15(21)16-10-2-3-10)22-14(20)11-7-24-13(17-11)9-4-5-23-6-9/h4-8,10H,2-3H2,1H3,(H2,16,18,19,21)/t8-/m0/s1. The quantitative estimate of drug-likeness (QED) is 0.793. The summed E-state index contributed by atoms with van der Waals surface area (Å²) in [4.78, 5) is 39.6. The summed E-state index contributed by atoms with van der Waals surface area (Å²) in [5.74, 6) is -1.37. The van der Waals surface area contributed by atoms with Gasteiger partial charge in [-0.3, -0.25) is 10.1 Å². The lowest BCUT2D eigenvalue weighted by molar-refractivity contribution is -0.127. The highest BCUT2D eigenvalue weighted by molar-refractivity contribution is 7.14. The molecule has 1 aliphatic carbocycles. The third kappa shape index (κ3) is 4.18. The number of amides is 3. The number of carbonyl (C=O) groups excluding carboxylic acids is 3. The maximum Gasteiger partial charge on any atom is 0.358 e. The number of urea groups is 1. The molecule has 9 heteroatoms. The van der Waals surface area contributed by atoms with E-state index >= 15 is 0 Å². The Balaban J connectivity index is 1.53. The lowest BCUT2D eigenvalue weighted by Gasteiger charge is -2.12. The molecule has 2 heterocycles. The lowest BCUT2D eigenvalue weighted by Crippen LogP contribution is -2.45. The predicted octanol–water partition coefficient (Wildman–Crippen LogP) is 2.41. The van der Waals surface area contributed by atoms with Crippen LogP contribution in [-0.2, 0) is 9.53 Å². The molecule has 24 heavy (non-hydrogen) atoms. The Morgan fingerprint density at radius 3 is 2.79 bits per heavy atom. The number of ether oxygens (including phenoxy) is 1. The van der Waals surface area contributed by atoms with Crippen LogP contribution in [0.1, 0.15) is 30.3 Å². The molecule has 1 saturated carbocycles. The van der Waals surface area contributed by atoms with Gasteiger partial charge >= 0.3 is 12.0 Å². The third-order valence-corrected chi connectivity index (χ3v) is 4.86. The monoisotopic (exact) mass is 365 g/mol. The van der Waals surface area contributed by atoms with Crippen LogP contribution in [0.15, 0.2) is 22.2 Å². The number of nitrogens with zero attached hydrogens (tertiary/aromatic N) is 1. The fourth-order valence-electron chi connectivity index (χ4n) is 1.82. The number of thiophene rings is 1. The minimum absolute atomic E-state index is 0.140. The Hall–Kier alpha value is -2.26. The van der Waals surface area contributed by atoms with Gasteiger partial charge in [-0.15, -0.1) is 11.3 Å². The van der Waals surface area contributed by atoms with Gasteiger partial charge in [0.2, 0.25) is 0 Å². The topological polar surface area (TPSA) is 97.4 Å². The van der Waals surface area contributed by atoms with E-state index in [1.807, 2.05) is 16.8 Å². The number of esters is 1. The number of aromatic nitrogens is 1. The molecule has 1 fully saturated rings. The summed E-state index contributed by atoms with van der Waals surface area (Å²) in [5, 5.41) is 10.9. The van der Waals surface area contributed by atoms with Gasteiger partial charge in [0.05, 0.1) is 0 Å². The van der Waals surface area contributed by atoms with Crippen molar-refractivity contribution in [3.63, 3.8) is 0 Å². The fraction of sp³-hybridized carbons (Fsp3) is 0.333. The number of nitrogens with one attached hydrogen (secondary N) is 2. The molecule has 0 radical (unpaired) electrons. The minimum atomic E-state index is -1.09. The van der Waals surface area contributed by atoms with Crippen molar-refractivity contribution in [3.05, 3.63) is 27.9 Å². The highest BCUT2D eigenvalue weighted by Gasteiger charge is 2.26. The maximum atomic E-state index is 12.1. The van der Waals surface area contributed by atoms with Crippen LogP contribution in [0, 0.1) is 0 Å². The van der Waals surface area contributed by atoms with Crippen molar-refractivity contribution in [2.45, 2.75) is 31.9 Å². The van der Waals surface area contributed by atoms with E-state index < -0.39 is 24.0 Å². The number of carbonyl (C=O) groups is 3. The SMILES string of the molecule is C[C@H](OC(=O)c1csc(-c2ccsc2)n1)C(=O)NC(=O)NC1CC1. The summed E-state index contributed by atoms with van der Waals surface area (Å²) in [6.07, 6.45) is 0.749. The largest absolute Gasteiger partial charge is 0.448 e. The van der Waals surface area contributed by atoms with Crippen LogP contribution in [0.5, 0.6) is 0 Å². The summed E-state index contributed by atoms with van der Waals surface area (Å²) in [6.45, 7) is 1.41. The van der Waals surface area contributed by atoms with E-state index in [0.29, 0.717) is 5.01 Å². The molecule has 7 nitrogen and oxygen atoms in total. The smallest absolute Gasteiger partial charge is 0.358 e. The van der Waals surface area contributed by atoms with Crippen molar-refractivity contribution >= 4 is 40.6 Å². The first-order valence-electron chi connectivity index (χ1n) is 7.33. The van der Waals surface area contributed by atoms with Gasteiger partial charge in [-0.1, -0.05) is 0 Å². The average Bonchev–Trinajstić information content (AvgIpc) is 3.05. The Morgan fingerprint density at radius 2 is 2.12 bits per heavy atom. The van der Waals surface area contributed by atoms with Gasteiger partial charge in [-0.25, -0.2) is 14.6 Å². The predicted molar refractivity (Wildman–Crippen MR) is 90.0 cm³/mol. The van der Waals surface area contributed by atoms with Crippen LogP contribution in [0.2, 0.25) is 0 Å². The first-order valence-corrected chi connectivity index (χ1v) is 9.15. The Morgan fingerprint density at radius 1 is 1.33 bits per heavy atom. The molecule has 1 atom stereocenters. The molecular formula is C15H15N3O4S2. The zero-order chi connectivity index (χ0) is 17.1. The second kappa shape index (κ2) is 7.10. The average molecular weight is 365 g/mol. The van der Waals surface area contributed by atoms with Crippen molar-refractivity contribution in [2.24, 2.45) is 0 Å². The molecule has 3 amide bonds. The fourth-order valence-corrected chi connectivity index (χ4v) is 3.32. The second-order valence-corrected chi connectivity index (χ2v) is 6.97. The molecule has 0 saturated heterocycles. The molecule has 1 aliphatic rings. The van der Waals surface area contributed by atoms with Crippen LogP contribution < -0.4 is 10.6 Å². The summed E-state index contributed by atoms with van der Waals surface area (Å²) >= 11 is 2.87. The number of imide groups is 1. The number of hydrogen-bond acceptors (Lipinski definition) is 7. The van der Waals surface area contributed by atoms with Crippen LogP contribution in [0.3, 0.4) is 0 Å². The molecule has 0 bridgehead atoms. The van der Waals surface area contributed by atoms with E-state index in [-0.39, 0.29) is 11.7 Å². The lowest BCUT2D eigenvalue weighted by atomic mass is 10.3. The molecule has 0 spiro atoms. The first kappa shape index (κ1) is 16.6. The number of rotatable bonds is 5. The van der Waals surface area contributed by atoms with Crippen molar-refractivity contribution in [3.8, 4) is 10.6 Å². The molecule has 2 N–H and O–H groups in total. The van der Waals surface area contributed by atoms with E-state index in [1.54, 1.807) is 16.7 Å². The Bertz CT molecular complexity index is 753. The molecule has 2 aromatic heterocycles. The van der Waals surface area contributed by atoms with Gasteiger partial charge in [-0.2, -0.15) is 11.3 Å². The normalized spacial score (nSPS) is 14.7. The van der Waals surface area contributed by atoms with Crippen LogP contribution >= 0.6 is 22.7 Å². The van der Waals surface area contributed by atoms with Gasteiger partial charge in [0.1, 0.15) is 5.01 Å². The van der Waals surface area contributed by atoms with E-state index in [0.717, 1.165) is 18.4 Å². The molecule has 0 aliphatic heterocycles. The van der Waals surface area contributed by atoms with Crippen molar-refractivity contribution in [1.82, 2.24) is 15.6 Å². The zero-order valence-electron chi connectivity index (χ0n) is 12.8. The second-order valence-electron chi connectivity index (χ2n) is 5.33. The van der Waals surface area contributed by atoms with E-state index in [1.165, 1.54) is 18.3 Å². The van der Waals surface area contributed by atoms with Gasteiger partial charge in [-0.05, 0) is 31.2 Å². The van der Waals surface area contributed by atoms with Crippen molar-refractivity contribution in [1.29, 1.82) is 0 Å². The Kier molecular flexibility index (Phi) is 4.91. The van der Waals surface area contributed by atoms with Crippen molar-refractivity contribution in [2.75, 3.05) is 0 Å². The Labute approximate surface area is 146 Å².